The minimum atomic E-state index is -0.506. The molecule has 0 aliphatic heterocycles. The van der Waals surface area contributed by atoms with Crippen molar-refractivity contribution in [3.8, 4) is 0 Å². The fourth-order valence-corrected chi connectivity index (χ4v) is 1.62. The Balaban J connectivity index is 2.58. The molecule has 1 rings (SSSR count). The highest BCUT2D eigenvalue weighted by Gasteiger charge is 2.18. The monoisotopic (exact) mass is 277 g/mol. The lowest BCUT2D eigenvalue weighted by Gasteiger charge is -2.22. The minimum absolute atomic E-state index is 0.221. The van der Waals surface area contributed by atoms with Crippen LogP contribution < -0.4 is 5.32 Å². The number of hydrogen-bond donors (Lipinski definition) is 1. The predicted molar refractivity (Wildman–Crippen MR) is 79.6 cm³/mol. The fourth-order valence-electron chi connectivity index (χ4n) is 1.62. The fraction of sp³-hybridized carbons (Fsp3) is 0.438. The Bertz CT molecular complexity index is 423. The molecule has 0 aliphatic rings. The van der Waals surface area contributed by atoms with Crippen LogP contribution >= 0.6 is 0 Å². The van der Waals surface area contributed by atoms with Gasteiger partial charge in [0.1, 0.15) is 11.7 Å². The van der Waals surface area contributed by atoms with Crippen LogP contribution in [-0.2, 0) is 9.47 Å². The summed E-state index contributed by atoms with van der Waals surface area (Å²) in [6, 6.07) is 9.74. The second-order valence-corrected chi connectivity index (χ2v) is 5.40. The lowest BCUT2D eigenvalue weighted by atomic mass is 10.1. The maximum Gasteiger partial charge on any atom is 0.407 e. The van der Waals surface area contributed by atoms with E-state index >= 15 is 0 Å². The summed E-state index contributed by atoms with van der Waals surface area (Å²) in [5.74, 6) is 0. The summed E-state index contributed by atoms with van der Waals surface area (Å²) in [5, 5.41) is 2.73. The average Bonchev–Trinajstić information content (AvgIpc) is 2.38. The van der Waals surface area contributed by atoms with E-state index in [1.165, 1.54) is 0 Å². The summed E-state index contributed by atoms with van der Waals surface area (Å²) in [7, 11) is 0. The molecule has 0 aromatic heterocycles. The maximum atomic E-state index is 11.7. The van der Waals surface area contributed by atoms with Gasteiger partial charge in [-0.25, -0.2) is 4.79 Å². The lowest BCUT2D eigenvalue weighted by molar-refractivity contribution is 0.0411. The molecule has 0 saturated heterocycles. The van der Waals surface area contributed by atoms with E-state index in [9.17, 15) is 4.79 Å². The first-order valence-corrected chi connectivity index (χ1v) is 6.66. The number of carbonyl (C=O) groups is 1. The van der Waals surface area contributed by atoms with Gasteiger partial charge in [-0.1, -0.05) is 36.4 Å². The predicted octanol–water partition coefficient (Wildman–Crippen LogP) is 3.46. The molecule has 1 aromatic carbocycles. The van der Waals surface area contributed by atoms with Crippen molar-refractivity contribution >= 4 is 6.09 Å². The minimum Gasteiger partial charge on any atom is -0.444 e. The van der Waals surface area contributed by atoms with Crippen molar-refractivity contribution in [3.63, 3.8) is 0 Å². The van der Waals surface area contributed by atoms with Crippen LogP contribution in [0.1, 0.15) is 32.4 Å². The number of amides is 1. The summed E-state index contributed by atoms with van der Waals surface area (Å²) in [5.41, 5.74) is 0.499. The van der Waals surface area contributed by atoms with E-state index < -0.39 is 11.7 Å². The molecule has 4 heteroatoms. The van der Waals surface area contributed by atoms with Gasteiger partial charge < -0.3 is 14.8 Å². The highest BCUT2D eigenvalue weighted by Crippen LogP contribution is 2.16. The van der Waals surface area contributed by atoms with Crippen LogP contribution in [0.3, 0.4) is 0 Å². The molecular weight excluding hydrogens is 254 g/mol. The number of alkyl carbamates (subject to hydrolysis) is 1. The van der Waals surface area contributed by atoms with Gasteiger partial charge in [0.2, 0.25) is 0 Å². The number of hydrogen-bond acceptors (Lipinski definition) is 3. The first-order valence-electron chi connectivity index (χ1n) is 6.66. The zero-order chi connectivity index (χ0) is 15.0. The van der Waals surface area contributed by atoms with Crippen molar-refractivity contribution in [1.29, 1.82) is 0 Å². The standard InChI is InChI=1S/C16H23NO3/c1-5-11-19-14(13-9-7-6-8-10-13)12-17-15(18)20-16(2,3)4/h5-10,14H,1,11-12H2,2-4H3,(H,17,18)/t14-/m1/s1. The topological polar surface area (TPSA) is 47.6 Å². The van der Waals surface area contributed by atoms with Gasteiger partial charge in [0.05, 0.1) is 13.2 Å². The zero-order valence-corrected chi connectivity index (χ0v) is 12.4. The molecule has 20 heavy (non-hydrogen) atoms. The van der Waals surface area contributed by atoms with Gasteiger partial charge >= 0.3 is 6.09 Å². The Morgan fingerprint density at radius 3 is 2.55 bits per heavy atom. The van der Waals surface area contributed by atoms with Gasteiger partial charge in [0, 0.05) is 0 Å². The molecule has 0 radical (unpaired) electrons. The van der Waals surface area contributed by atoms with E-state index in [1.807, 2.05) is 51.1 Å². The summed E-state index contributed by atoms with van der Waals surface area (Å²) in [6.45, 7) is 9.90. The Hall–Kier alpha value is -1.81. The van der Waals surface area contributed by atoms with Crippen molar-refractivity contribution in [1.82, 2.24) is 5.32 Å². The van der Waals surface area contributed by atoms with Gasteiger partial charge in [-0.05, 0) is 26.3 Å². The van der Waals surface area contributed by atoms with E-state index in [4.69, 9.17) is 9.47 Å². The normalized spacial score (nSPS) is 12.6. The molecule has 0 unspecified atom stereocenters. The Morgan fingerprint density at radius 1 is 1.35 bits per heavy atom. The molecule has 1 amide bonds. The molecule has 0 aliphatic carbocycles. The van der Waals surface area contributed by atoms with Gasteiger partial charge in [-0.3, -0.25) is 0 Å². The number of benzene rings is 1. The summed E-state index contributed by atoms with van der Waals surface area (Å²) < 4.78 is 10.9. The van der Waals surface area contributed by atoms with Crippen LogP contribution in [0.25, 0.3) is 0 Å². The van der Waals surface area contributed by atoms with Crippen molar-refractivity contribution in [2.24, 2.45) is 0 Å². The summed E-state index contributed by atoms with van der Waals surface area (Å²) in [4.78, 5) is 11.7. The van der Waals surface area contributed by atoms with Gasteiger partial charge in [0.25, 0.3) is 0 Å². The molecule has 0 fully saturated rings. The smallest absolute Gasteiger partial charge is 0.407 e. The first kappa shape index (κ1) is 16.2. The van der Waals surface area contributed by atoms with E-state index in [1.54, 1.807) is 6.08 Å². The Labute approximate surface area is 120 Å². The van der Waals surface area contributed by atoms with Crippen LogP contribution in [0.2, 0.25) is 0 Å². The molecule has 0 saturated carbocycles. The quantitative estimate of drug-likeness (QED) is 0.810. The van der Waals surface area contributed by atoms with E-state index in [0.717, 1.165) is 5.56 Å². The van der Waals surface area contributed by atoms with E-state index in [0.29, 0.717) is 13.2 Å². The van der Waals surface area contributed by atoms with Crippen LogP contribution in [0.5, 0.6) is 0 Å². The molecule has 0 bridgehead atoms. The summed E-state index contributed by atoms with van der Waals surface area (Å²) in [6.07, 6.45) is 1.02. The largest absolute Gasteiger partial charge is 0.444 e. The van der Waals surface area contributed by atoms with Crippen LogP contribution in [0.4, 0.5) is 4.79 Å². The van der Waals surface area contributed by atoms with Crippen molar-refractivity contribution < 1.29 is 14.3 Å². The zero-order valence-electron chi connectivity index (χ0n) is 12.4. The average molecular weight is 277 g/mol. The number of ether oxygens (including phenoxy) is 2. The second kappa shape index (κ2) is 7.70. The van der Waals surface area contributed by atoms with Gasteiger partial charge in [0.15, 0.2) is 0 Å². The van der Waals surface area contributed by atoms with Gasteiger partial charge in [-0.15, -0.1) is 6.58 Å². The van der Waals surface area contributed by atoms with E-state index in [-0.39, 0.29) is 6.10 Å². The van der Waals surface area contributed by atoms with Crippen LogP contribution in [-0.4, -0.2) is 24.8 Å². The molecule has 0 heterocycles. The van der Waals surface area contributed by atoms with Gasteiger partial charge in [-0.2, -0.15) is 0 Å². The number of rotatable bonds is 6. The number of nitrogens with one attached hydrogen (secondary N) is 1. The third-order valence-corrected chi connectivity index (χ3v) is 2.42. The SMILES string of the molecule is C=CCO[C@H](CNC(=O)OC(C)(C)C)c1ccccc1. The van der Waals surface area contributed by atoms with E-state index in [2.05, 4.69) is 11.9 Å². The second-order valence-electron chi connectivity index (χ2n) is 5.40. The van der Waals surface area contributed by atoms with Crippen molar-refractivity contribution in [2.75, 3.05) is 13.2 Å². The van der Waals surface area contributed by atoms with Crippen molar-refractivity contribution in [2.45, 2.75) is 32.5 Å². The highest BCUT2D eigenvalue weighted by atomic mass is 16.6. The molecule has 1 aromatic rings. The molecule has 110 valence electrons. The molecule has 1 atom stereocenters. The third kappa shape index (κ3) is 6.38. The summed E-state index contributed by atoms with van der Waals surface area (Å²) >= 11 is 0. The molecule has 0 spiro atoms. The Kier molecular flexibility index (Phi) is 6.25. The van der Waals surface area contributed by atoms with Crippen LogP contribution in [0.15, 0.2) is 43.0 Å². The van der Waals surface area contributed by atoms with Crippen molar-refractivity contribution in [3.05, 3.63) is 48.6 Å². The molecule has 4 nitrogen and oxygen atoms in total. The maximum absolute atomic E-state index is 11.7. The van der Waals surface area contributed by atoms with Crippen LogP contribution in [0, 0.1) is 0 Å². The third-order valence-electron chi connectivity index (χ3n) is 2.42. The Morgan fingerprint density at radius 2 is 2.00 bits per heavy atom. The first-order chi connectivity index (χ1) is 9.42. The highest BCUT2D eigenvalue weighted by molar-refractivity contribution is 5.67. The lowest BCUT2D eigenvalue weighted by Crippen LogP contribution is -2.35. The molecule has 1 N–H and O–H groups in total. The number of carbonyl (C=O) groups excluding carboxylic acids is 1. The molecular formula is C16H23NO3.